The normalized spacial score (nSPS) is 11.1. The average molecular weight is 393 g/mol. The fourth-order valence-corrected chi connectivity index (χ4v) is 3.18. The van der Waals surface area contributed by atoms with Gasteiger partial charge in [0.1, 0.15) is 16.8 Å². The van der Waals surface area contributed by atoms with Crippen LogP contribution in [0.25, 0.3) is 11.1 Å². The highest BCUT2D eigenvalue weighted by atomic mass is 32.2. The number of carbonyl (C=O) groups excluding carboxylic acids is 1. The zero-order valence-corrected chi connectivity index (χ0v) is 16.4. The van der Waals surface area contributed by atoms with Crippen molar-refractivity contribution < 1.29 is 13.6 Å². The number of pyridine rings is 1. The minimum atomic E-state index is -2.79. The van der Waals surface area contributed by atoms with Crippen LogP contribution in [0.3, 0.4) is 0 Å². The number of rotatable bonds is 7. The first kappa shape index (κ1) is 20.8. The van der Waals surface area contributed by atoms with Gasteiger partial charge in [-0.15, -0.1) is 0 Å². The summed E-state index contributed by atoms with van der Waals surface area (Å²) in [5.41, 5.74) is 1.40. The molecule has 0 spiro atoms. The van der Waals surface area contributed by atoms with E-state index in [1.165, 1.54) is 12.3 Å². The molecule has 0 atom stereocenters. The Kier molecular flexibility index (Phi) is 6.91. The Balaban J connectivity index is 2.40. The fourth-order valence-electron chi connectivity index (χ4n) is 2.34. The number of alkyl halides is 2. The predicted octanol–water partition coefficient (Wildman–Crippen LogP) is 3.46. The standard InChI is InChI=1S/C18H21F2N5OS/c1-10(2)7-22-16(26)9-27-18-13(6-21)12(5-15(24-18)17(19)20)14-8-23-25(4)11(14)3/h5,8,10,17H,7,9H2,1-4H3,(H,22,26). The Hall–Kier alpha value is -2.47. The summed E-state index contributed by atoms with van der Waals surface area (Å²) in [6, 6.07) is 3.26. The summed E-state index contributed by atoms with van der Waals surface area (Å²) in [5, 5.41) is 16.6. The molecule has 0 aromatic carbocycles. The molecule has 0 aliphatic heterocycles. The molecule has 0 aliphatic carbocycles. The molecular formula is C18H21F2N5OS. The summed E-state index contributed by atoms with van der Waals surface area (Å²) < 4.78 is 28.3. The molecular weight excluding hydrogens is 372 g/mol. The molecule has 2 rings (SSSR count). The molecule has 0 saturated heterocycles. The molecule has 2 aromatic heterocycles. The van der Waals surface area contributed by atoms with Crippen molar-refractivity contribution in [3.63, 3.8) is 0 Å². The average Bonchev–Trinajstić information content (AvgIpc) is 2.96. The number of aromatic nitrogens is 3. The van der Waals surface area contributed by atoms with Gasteiger partial charge < -0.3 is 5.32 Å². The highest BCUT2D eigenvalue weighted by Gasteiger charge is 2.21. The lowest BCUT2D eigenvalue weighted by Crippen LogP contribution is -2.28. The lowest BCUT2D eigenvalue weighted by molar-refractivity contribution is -0.118. The maximum atomic E-state index is 13.3. The van der Waals surface area contributed by atoms with E-state index in [2.05, 4.69) is 15.4 Å². The molecule has 6 nitrogen and oxygen atoms in total. The van der Waals surface area contributed by atoms with Crippen LogP contribution < -0.4 is 5.32 Å². The zero-order valence-electron chi connectivity index (χ0n) is 15.6. The first-order valence-electron chi connectivity index (χ1n) is 8.36. The molecule has 1 N–H and O–H groups in total. The lowest BCUT2D eigenvalue weighted by atomic mass is 10.0. The van der Waals surface area contributed by atoms with Gasteiger partial charge >= 0.3 is 0 Å². The minimum Gasteiger partial charge on any atom is -0.355 e. The van der Waals surface area contributed by atoms with E-state index in [1.807, 2.05) is 19.9 Å². The van der Waals surface area contributed by atoms with Crippen LogP contribution in [0.2, 0.25) is 0 Å². The van der Waals surface area contributed by atoms with E-state index in [4.69, 9.17) is 0 Å². The number of nitrogens with one attached hydrogen (secondary N) is 1. The number of hydrogen-bond donors (Lipinski definition) is 1. The first-order chi connectivity index (χ1) is 12.7. The molecule has 27 heavy (non-hydrogen) atoms. The van der Waals surface area contributed by atoms with Crippen molar-refractivity contribution in [1.29, 1.82) is 5.26 Å². The molecule has 0 aliphatic rings. The van der Waals surface area contributed by atoms with Gasteiger partial charge in [0.2, 0.25) is 5.91 Å². The van der Waals surface area contributed by atoms with Crippen LogP contribution in [0.5, 0.6) is 0 Å². The molecule has 2 aromatic rings. The maximum absolute atomic E-state index is 13.3. The monoisotopic (exact) mass is 393 g/mol. The number of hydrogen-bond acceptors (Lipinski definition) is 5. The second-order valence-electron chi connectivity index (χ2n) is 6.44. The van der Waals surface area contributed by atoms with Crippen molar-refractivity contribution in [3.05, 3.63) is 29.2 Å². The minimum absolute atomic E-state index is 0.00739. The largest absolute Gasteiger partial charge is 0.355 e. The number of carbonyl (C=O) groups is 1. The molecule has 0 saturated carbocycles. The van der Waals surface area contributed by atoms with Gasteiger partial charge in [0.15, 0.2) is 0 Å². The summed E-state index contributed by atoms with van der Waals surface area (Å²) in [6.07, 6.45) is -1.26. The van der Waals surface area contributed by atoms with Crippen LogP contribution in [-0.2, 0) is 11.8 Å². The SMILES string of the molecule is Cc1c(-c2cc(C(F)F)nc(SCC(=O)NCC(C)C)c2C#N)cnn1C. The third-order valence-electron chi connectivity index (χ3n) is 3.91. The van der Waals surface area contributed by atoms with Gasteiger partial charge in [0.05, 0.1) is 17.5 Å². The van der Waals surface area contributed by atoms with Gasteiger partial charge in [0, 0.05) is 30.4 Å². The van der Waals surface area contributed by atoms with E-state index in [0.29, 0.717) is 23.6 Å². The van der Waals surface area contributed by atoms with Crippen LogP contribution in [0.1, 0.15) is 37.2 Å². The number of nitriles is 1. The molecule has 0 fully saturated rings. The number of thioether (sulfide) groups is 1. The lowest BCUT2D eigenvalue weighted by Gasteiger charge is -2.12. The third kappa shape index (κ3) is 5.04. The summed E-state index contributed by atoms with van der Waals surface area (Å²) in [7, 11) is 1.73. The highest BCUT2D eigenvalue weighted by Crippen LogP contribution is 2.34. The number of aryl methyl sites for hydroxylation is 1. The Morgan fingerprint density at radius 3 is 2.63 bits per heavy atom. The van der Waals surface area contributed by atoms with Crippen molar-refractivity contribution in [2.24, 2.45) is 13.0 Å². The predicted molar refractivity (Wildman–Crippen MR) is 99.4 cm³/mol. The highest BCUT2D eigenvalue weighted by molar-refractivity contribution is 8.00. The molecule has 0 bridgehead atoms. The van der Waals surface area contributed by atoms with E-state index in [0.717, 1.165) is 17.5 Å². The van der Waals surface area contributed by atoms with E-state index in [-0.39, 0.29) is 22.2 Å². The number of halogens is 2. The first-order valence-corrected chi connectivity index (χ1v) is 9.34. The van der Waals surface area contributed by atoms with Gasteiger partial charge in [-0.25, -0.2) is 13.8 Å². The maximum Gasteiger partial charge on any atom is 0.280 e. The molecule has 0 unspecified atom stereocenters. The van der Waals surface area contributed by atoms with Crippen molar-refractivity contribution in [2.75, 3.05) is 12.3 Å². The van der Waals surface area contributed by atoms with E-state index < -0.39 is 12.1 Å². The Morgan fingerprint density at radius 2 is 2.11 bits per heavy atom. The summed E-state index contributed by atoms with van der Waals surface area (Å²) in [5.74, 6) is 0.0574. The molecule has 0 radical (unpaired) electrons. The fraction of sp³-hybridized carbons (Fsp3) is 0.444. The molecule has 1 amide bonds. The van der Waals surface area contributed by atoms with Gasteiger partial charge in [0.25, 0.3) is 6.43 Å². The Bertz CT molecular complexity index is 873. The summed E-state index contributed by atoms with van der Waals surface area (Å²) >= 11 is 0.978. The Labute approximate surface area is 161 Å². The second kappa shape index (κ2) is 8.95. The van der Waals surface area contributed by atoms with Crippen molar-refractivity contribution >= 4 is 17.7 Å². The van der Waals surface area contributed by atoms with Crippen LogP contribution in [-0.4, -0.2) is 33.0 Å². The third-order valence-corrected chi connectivity index (χ3v) is 4.89. The summed E-state index contributed by atoms with van der Waals surface area (Å²) in [4.78, 5) is 15.9. The molecule has 9 heteroatoms. The van der Waals surface area contributed by atoms with Crippen molar-refractivity contribution in [2.45, 2.75) is 32.2 Å². The number of amides is 1. The summed E-state index contributed by atoms with van der Waals surface area (Å²) in [6.45, 7) is 6.25. The van der Waals surface area contributed by atoms with Gasteiger partial charge in [-0.3, -0.25) is 9.48 Å². The van der Waals surface area contributed by atoms with Crippen LogP contribution in [0.15, 0.2) is 17.3 Å². The van der Waals surface area contributed by atoms with E-state index in [9.17, 15) is 18.8 Å². The Morgan fingerprint density at radius 1 is 1.41 bits per heavy atom. The van der Waals surface area contributed by atoms with Gasteiger partial charge in [-0.2, -0.15) is 10.4 Å². The zero-order chi connectivity index (χ0) is 20.1. The van der Waals surface area contributed by atoms with Gasteiger partial charge in [-0.05, 0) is 18.9 Å². The topological polar surface area (TPSA) is 83.6 Å². The van der Waals surface area contributed by atoms with E-state index in [1.54, 1.807) is 18.7 Å². The number of nitrogens with zero attached hydrogens (tertiary/aromatic N) is 4. The van der Waals surface area contributed by atoms with E-state index >= 15 is 0 Å². The van der Waals surface area contributed by atoms with Crippen LogP contribution in [0, 0.1) is 24.2 Å². The van der Waals surface area contributed by atoms with Crippen LogP contribution >= 0.6 is 11.8 Å². The van der Waals surface area contributed by atoms with Crippen LogP contribution in [0.4, 0.5) is 8.78 Å². The quantitative estimate of drug-likeness (QED) is 0.729. The second-order valence-corrected chi connectivity index (χ2v) is 7.41. The van der Waals surface area contributed by atoms with Gasteiger partial charge in [-0.1, -0.05) is 25.6 Å². The smallest absolute Gasteiger partial charge is 0.280 e. The van der Waals surface area contributed by atoms with Crippen molar-refractivity contribution in [3.8, 4) is 17.2 Å². The van der Waals surface area contributed by atoms with Crippen molar-refractivity contribution in [1.82, 2.24) is 20.1 Å². The molecule has 144 valence electrons. The molecule has 2 heterocycles.